The fourth-order valence-corrected chi connectivity index (χ4v) is 2.90. The molecule has 0 heterocycles. The van der Waals surface area contributed by atoms with Crippen molar-refractivity contribution in [2.45, 2.75) is 63.5 Å². The molecule has 0 amide bonds. The van der Waals surface area contributed by atoms with Crippen LogP contribution in [0.4, 0.5) is 0 Å². The Kier molecular flexibility index (Phi) is 6.95. The van der Waals surface area contributed by atoms with Crippen LogP contribution in [0.2, 0.25) is 0 Å². The van der Waals surface area contributed by atoms with Crippen molar-refractivity contribution in [1.82, 2.24) is 0 Å². The summed E-state index contributed by atoms with van der Waals surface area (Å²) in [4.78, 5) is 20.9. The third kappa shape index (κ3) is 5.88. The molecule has 20 heavy (non-hydrogen) atoms. The van der Waals surface area contributed by atoms with Gasteiger partial charge in [-0.25, -0.2) is 0 Å². The van der Waals surface area contributed by atoms with Crippen LogP contribution in [-0.2, 0) is 9.59 Å². The zero-order chi connectivity index (χ0) is 15.1. The van der Waals surface area contributed by atoms with Gasteiger partial charge in [0.2, 0.25) is 0 Å². The van der Waals surface area contributed by atoms with Crippen molar-refractivity contribution in [2.75, 3.05) is 0 Å². The molecule has 0 aromatic rings. The average Bonchev–Trinajstić information content (AvgIpc) is 2.39. The largest absolute Gasteiger partial charge is 0.481 e. The van der Waals surface area contributed by atoms with Crippen molar-refractivity contribution in [3.05, 3.63) is 0 Å². The Morgan fingerprint density at radius 3 is 1.30 bits per heavy atom. The van der Waals surface area contributed by atoms with Crippen LogP contribution in [0.1, 0.15) is 51.4 Å². The van der Waals surface area contributed by atoms with Crippen molar-refractivity contribution in [2.24, 2.45) is 23.3 Å². The first-order valence-corrected chi connectivity index (χ1v) is 7.37. The van der Waals surface area contributed by atoms with Gasteiger partial charge in [-0.1, -0.05) is 12.8 Å². The molecule has 0 radical (unpaired) electrons. The van der Waals surface area contributed by atoms with Gasteiger partial charge in [-0.05, 0) is 38.5 Å². The van der Waals surface area contributed by atoms with Crippen LogP contribution in [0.15, 0.2) is 0 Å². The third-order valence-corrected chi connectivity index (χ3v) is 4.13. The van der Waals surface area contributed by atoms with E-state index in [0.29, 0.717) is 12.8 Å². The lowest BCUT2D eigenvalue weighted by molar-refractivity contribution is -0.143. The van der Waals surface area contributed by atoms with Gasteiger partial charge in [0.1, 0.15) is 0 Å². The molecule has 2 fully saturated rings. The first kappa shape index (κ1) is 16.9. The van der Waals surface area contributed by atoms with E-state index in [1.54, 1.807) is 0 Å². The number of nitrogens with two attached hydrogens (primary N) is 2. The fraction of sp³-hybridized carbons (Fsp3) is 0.857. The predicted octanol–water partition coefficient (Wildman–Crippen LogP) is 1.18. The molecule has 0 aliphatic heterocycles. The summed E-state index contributed by atoms with van der Waals surface area (Å²) in [6.45, 7) is 0. The van der Waals surface area contributed by atoms with E-state index in [9.17, 15) is 9.59 Å². The maximum absolute atomic E-state index is 10.4. The monoisotopic (exact) mass is 286 g/mol. The number of hydrogen-bond donors (Lipinski definition) is 4. The van der Waals surface area contributed by atoms with E-state index in [-0.39, 0.29) is 23.9 Å². The normalized spacial score (nSPS) is 33.7. The van der Waals surface area contributed by atoms with E-state index < -0.39 is 11.9 Å². The van der Waals surface area contributed by atoms with Gasteiger partial charge in [0.05, 0.1) is 11.8 Å². The number of hydrogen-bond acceptors (Lipinski definition) is 4. The third-order valence-electron chi connectivity index (χ3n) is 4.13. The predicted molar refractivity (Wildman–Crippen MR) is 75.1 cm³/mol. The second kappa shape index (κ2) is 8.21. The lowest BCUT2D eigenvalue weighted by Crippen LogP contribution is -2.31. The van der Waals surface area contributed by atoms with Crippen LogP contribution in [0, 0.1) is 11.8 Å². The van der Waals surface area contributed by atoms with Crippen LogP contribution < -0.4 is 11.5 Å². The zero-order valence-corrected chi connectivity index (χ0v) is 11.8. The molecule has 0 bridgehead atoms. The fourth-order valence-electron chi connectivity index (χ4n) is 2.90. The molecule has 116 valence electrons. The van der Waals surface area contributed by atoms with Crippen molar-refractivity contribution < 1.29 is 19.8 Å². The van der Waals surface area contributed by atoms with Crippen molar-refractivity contribution in [3.8, 4) is 0 Å². The van der Waals surface area contributed by atoms with E-state index >= 15 is 0 Å². The molecule has 2 saturated carbocycles. The molecule has 2 aliphatic carbocycles. The van der Waals surface area contributed by atoms with Gasteiger partial charge in [0.15, 0.2) is 0 Å². The molecule has 2 rings (SSSR count). The van der Waals surface area contributed by atoms with E-state index in [4.69, 9.17) is 21.7 Å². The molecule has 0 aromatic heterocycles. The number of rotatable bonds is 2. The SMILES string of the molecule is N[C@@H]1CCC[C@@H](C(=O)O)C1.N[C@H]1CCC[C@H](C(=O)O)C1. The summed E-state index contributed by atoms with van der Waals surface area (Å²) in [5, 5.41) is 17.2. The quantitative estimate of drug-likeness (QED) is 0.603. The first-order chi connectivity index (χ1) is 9.40. The molecule has 0 spiro atoms. The maximum atomic E-state index is 10.4. The maximum Gasteiger partial charge on any atom is 0.306 e. The molecule has 0 aromatic carbocycles. The Morgan fingerprint density at radius 2 is 1.10 bits per heavy atom. The average molecular weight is 286 g/mol. The van der Waals surface area contributed by atoms with Crippen LogP contribution in [0.3, 0.4) is 0 Å². The minimum absolute atomic E-state index is 0.120. The van der Waals surface area contributed by atoms with Crippen molar-refractivity contribution in [1.29, 1.82) is 0 Å². The molecular formula is C14H26N2O4. The molecule has 6 N–H and O–H groups in total. The zero-order valence-electron chi connectivity index (χ0n) is 11.8. The Balaban J connectivity index is 0.000000200. The topological polar surface area (TPSA) is 127 Å². The summed E-state index contributed by atoms with van der Waals surface area (Å²) in [5.41, 5.74) is 11.2. The van der Waals surface area contributed by atoms with Gasteiger partial charge in [-0.15, -0.1) is 0 Å². The Labute approximate surface area is 119 Å². The first-order valence-electron chi connectivity index (χ1n) is 7.37. The van der Waals surface area contributed by atoms with Crippen LogP contribution in [-0.4, -0.2) is 34.2 Å². The summed E-state index contributed by atoms with van der Waals surface area (Å²) >= 11 is 0. The summed E-state index contributed by atoms with van der Waals surface area (Å²) in [5.74, 6) is -1.72. The van der Waals surface area contributed by atoms with E-state index in [1.807, 2.05) is 0 Å². The van der Waals surface area contributed by atoms with Gasteiger partial charge >= 0.3 is 11.9 Å². The molecule has 0 unspecified atom stereocenters. The lowest BCUT2D eigenvalue weighted by atomic mass is 9.86. The molecule has 6 heteroatoms. The highest BCUT2D eigenvalue weighted by Crippen LogP contribution is 2.23. The number of aliphatic carboxylic acids is 2. The van der Waals surface area contributed by atoms with Gasteiger partial charge in [0.25, 0.3) is 0 Å². The highest BCUT2D eigenvalue weighted by molar-refractivity contribution is 5.70. The summed E-state index contributed by atoms with van der Waals surface area (Å²) in [7, 11) is 0. The number of carbonyl (C=O) groups is 2. The summed E-state index contributed by atoms with van der Waals surface area (Å²) < 4.78 is 0. The van der Waals surface area contributed by atoms with Crippen LogP contribution in [0.5, 0.6) is 0 Å². The minimum atomic E-state index is -0.685. The van der Waals surface area contributed by atoms with E-state index in [2.05, 4.69) is 0 Å². The van der Waals surface area contributed by atoms with Gasteiger partial charge < -0.3 is 21.7 Å². The number of carboxylic acid groups (broad SMARTS) is 2. The molecule has 2 aliphatic rings. The molecule has 6 nitrogen and oxygen atoms in total. The highest BCUT2D eigenvalue weighted by atomic mass is 16.4. The van der Waals surface area contributed by atoms with Gasteiger partial charge in [-0.3, -0.25) is 9.59 Å². The highest BCUT2D eigenvalue weighted by Gasteiger charge is 2.25. The second-order valence-electron chi connectivity index (χ2n) is 5.92. The minimum Gasteiger partial charge on any atom is -0.481 e. The smallest absolute Gasteiger partial charge is 0.306 e. The van der Waals surface area contributed by atoms with E-state index in [1.165, 1.54) is 0 Å². The van der Waals surface area contributed by atoms with Gasteiger partial charge in [-0.2, -0.15) is 0 Å². The van der Waals surface area contributed by atoms with Crippen LogP contribution >= 0.6 is 0 Å². The Hall–Kier alpha value is -1.14. The van der Waals surface area contributed by atoms with Crippen molar-refractivity contribution in [3.63, 3.8) is 0 Å². The van der Waals surface area contributed by atoms with E-state index in [0.717, 1.165) is 38.5 Å². The van der Waals surface area contributed by atoms with Crippen molar-refractivity contribution >= 4 is 11.9 Å². The standard InChI is InChI=1S/2C7H13NO2/c2*8-6-3-1-2-5(4-6)7(9)10/h2*5-6H,1-4,8H2,(H,9,10)/t2*5-,6-/m10/s1. The Morgan fingerprint density at radius 1 is 0.750 bits per heavy atom. The Bertz CT molecular complexity index is 303. The lowest BCUT2D eigenvalue weighted by Gasteiger charge is -2.22. The molecule has 0 saturated heterocycles. The summed E-state index contributed by atoms with van der Waals surface area (Å²) in [6, 6.07) is 0.240. The molecular weight excluding hydrogens is 260 g/mol. The summed E-state index contributed by atoms with van der Waals surface area (Å²) in [6.07, 6.45) is 6.86. The van der Waals surface area contributed by atoms with Crippen LogP contribution in [0.25, 0.3) is 0 Å². The van der Waals surface area contributed by atoms with Gasteiger partial charge in [0, 0.05) is 12.1 Å². The number of carboxylic acids is 2. The second-order valence-corrected chi connectivity index (χ2v) is 5.92. The molecule has 4 atom stereocenters.